The number of hydrogen-bond donors (Lipinski definition) is 1. The average Bonchev–Trinajstić information content (AvgIpc) is 2.46. The van der Waals surface area contributed by atoms with Crippen LogP contribution in [0.25, 0.3) is 0 Å². The topological polar surface area (TPSA) is 70.0 Å². The van der Waals surface area contributed by atoms with Crippen LogP contribution < -0.4 is 11.4 Å². The molecule has 0 fully saturated rings. The third-order valence-corrected chi connectivity index (χ3v) is 1.98. The van der Waals surface area contributed by atoms with Crippen molar-refractivity contribution in [3.8, 4) is 0 Å². The van der Waals surface area contributed by atoms with Crippen LogP contribution in [0.2, 0.25) is 0 Å². The Hall–Kier alpha value is -1.52. The SMILES string of the molecule is CCCn1ccn(CCC(N)=O)c1=O. The lowest BCUT2D eigenvalue weighted by molar-refractivity contribution is -0.118. The van der Waals surface area contributed by atoms with Crippen LogP contribution in [-0.4, -0.2) is 15.0 Å². The minimum Gasteiger partial charge on any atom is -0.370 e. The maximum atomic E-state index is 11.5. The summed E-state index contributed by atoms with van der Waals surface area (Å²) in [6.07, 6.45) is 4.53. The van der Waals surface area contributed by atoms with Gasteiger partial charge in [0, 0.05) is 31.9 Å². The van der Waals surface area contributed by atoms with E-state index in [9.17, 15) is 9.59 Å². The molecule has 78 valence electrons. The molecule has 1 rings (SSSR count). The van der Waals surface area contributed by atoms with Gasteiger partial charge >= 0.3 is 5.69 Å². The van der Waals surface area contributed by atoms with E-state index in [4.69, 9.17) is 5.73 Å². The van der Waals surface area contributed by atoms with E-state index in [1.807, 2.05) is 6.92 Å². The summed E-state index contributed by atoms with van der Waals surface area (Å²) < 4.78 is 3.13. The summed E-state index contributed by atoms with van der Waals surface area (Å²) in [7, 11) is 0. The van der Waals surface area contributed by atoms with E-state index >= 15 is 0 Å². The Kier molecular flexibility index (Phi) is 3.50. The minimum atomic E-state index is -0.389. The Morgan fingerprint density at radius 3 is 2.43 bits per heavy atom. The Bertz CT molecular complexity index is 364. The molecule has 0 unspecified atom stereocenters. The molecule has 0 saturated heterocycles. The predicted octanol–water partition coefficient (Wildman–Crippen LogP) is -0.0648. The standard InChI is InChI=1S/C9H15N3O2/c1-2-4-11-6-7-12(9(11)14)5-3-8(10)13/h6-7H,2-5H2,1H3,(H2,10,13). The number of carbonyl (C=O) groups is 1. The fourth-order valence-electron chi connectivity index (χ4n) is 1.27. The maximum absolute atomic E-state index is 11.5. The van der Waals surface area contributed by atoms with E-state index in [2.05, 4.69) is 0 Å². The summed E-state index contributed by atoms with van der Waals surface area (Å²) in [5.41, 5.74) is 4.92. The molecule has 2 N–H and O–H groups in total. The van der Waals surface area contributed by atoms with Gasteiger partial charge in [0.15, 0.2) is 0 Å². The van der Waals surface area contributed by atoms with Gasteiger partial charge < -0.3 is 5.73 Å². The molecule has 14 heavy (non-hydrogen) atoms. The first kappa shape index (κ1) is 10.6. The Morgan fingerprint density at radius 1 is 1.36 bits per heavy atom. The van der Waals surface area contributed by atoms with Crippen molar-refractivity contribution in [1.82, 2.24) is 9.13 Å². The quantitative estimate of drug-likeness (QED) is 0.718. The van der Waals surface area contributed by atoms with Gasteiger partial charge in [-0.15, -0.1) is 0 Å². The van der Waals surface area contributed by atoms with Crippen molar-refractivity contribution in [1.29, 1.82) is 0 Å². The molecule has 0 atom stereocenters. The molecule has 0 aliphatic rings. The highest BCUT2D eigenvalue weighted by atomic mass is 16.2. The summed E-state index contributed by atoms with van der Waals surface area (Å²) >= 11 is 0. The zero-order chi connectivity index (χ0) is 10.6. The molecule has 1 heterocycles. The van der Waals surface area contributed by atoms with Crippen molar-refractivity contribution in [3.05, 3.63) is 22.9 Å². The summed E-state index contributed by atoms with van der Waals surface area (Å²) in [5.74, 6) is -0.389. The summed E-state index contributed by atoms with van der Waals surface area (Å²) in [6.45, 7) is 3.08. The highest BCUT2D eigenvalue weighted by Crippen LogP contribution is 1.90. The van der Waals surface area contributed by atoms with Crippen molar-refractivity contribution in [2.24, 2.45) is 5.73 Å². The van der Waals surface area contributed by atoms with Gasteiger partial charge in [0.25, 0.3) is 0 Å². The van der Waals surface area contributed by atoms with E-state index in [-0.39, 0.29) is 18.0 Å². The molecule has 0 spiro atoms. The van der Waals surface area contributed by atoms with Crippen molar-refractivity contribution < 1.29 is 4.79 Å². The van der Waals surface area contributed by atoms with Gasteiger partial charge in [0.1, 0.15) is 0 Å². The van der Waals surface area contributed by atoms with Gasteiger partial charge in [-0.05, 0) is 6.42 Å². The summed E-state index contributed by atoms with van der Waals surface area (Å²) in [5, 5.41) is 0. The molecular weight excluding hydrogens is 182 g/mol. The van der Waals surface area contributed by atoms with Crippen molar-refractivity contribution in [3.63, 3.8) is 0 Å². The molecule has 0 aliphatic carbocycles. The number of imidazole rings is 1. The third-order valence-electron chi connectivity index (χ3n) is 1.98. The highest BCUT2D eigenvalue weighted by molar-refractivity contribution is 5.73. The number of amides is 1. The molecule has 1 aromatic rings. The fourth-order valence-corrected chi connectivity index (χ4v) is 1.27. The molecule has 5 nitrogen and oxygen atoms in total. The molecule has 1 amide bonds. The molecule has 0 aliphatic heterocycles. The molecule has 5 heteroatoms. The van der Waals surface area contributed by atoms with Crippen molar-refractivity contribution in [2.45, 2.75) is 32.9 Å². The Morgan fingerprint density at radius 2 is 1.93 bits per heavy atom. The van der Waals surface area contributed by atoms with Crippen LogP contribution in [0.15, 0.2) is 17.2 Å². The average molecular weight is 197 g/mol. The molecular formula is C9H15N3O2. The molecule has 0 saturated carbocycles. The third kappa shape index (κ3) is 2.48. The Balaban J connectivity index is 2.69. The zero-order valence-corrected chi connectivity index (χ0v) is 8.27. The first-order valence-corrected chi connectivity index (χ1v) is 4.69. The smallest absolute Gasteiger partial charge is 0.328 e. The zero-order valence-electron chi connectivity index (χ0n) is 8.27. The van der Waals surface area contributed by atoms with E-state index in [1.165, 1.54) is 4.57 Å². The van der Waals surface area contributed by atoms with Crippen LogP contribution in [0, 0.1) is 0 Å². The Labute approximate surface area is 82.1 Å². The van der Waals surface area contributed by atoms with Gasteiger partial charge in [0.2, 0.25) is 5.91 Å². The van der Waals surface area contributed by atoms with Crippen LogP contribution in [0.5, 0.6) is 0 Å². The number of nitrogens with two attached hydrogens (primary N) is 1. The van der Waals surface area contributed by atoms with Crippen LogP contribution >= 0.6 is 0 Å². The second-order valence-electron chi connectivity index (χ2n) is 3.18. The van der Waals surface area contributed by atoms with Gasteiger partial charge in [0.05, 0.1) is 0 Å². The molecule has 0 bridgehead atoms. The first-order valence-electron chi connectivity index (χ1n) is 4.69. The van der Waals surface area contributed by atoms with Gasteiger partial charge in [-0.2, -0.15) is 0 Å². The number of aromatic nitrogens is 2. The predicted molar refractivity (Wildman–Crippen MR) is 52.8 cm³/mol. The second kappa shape index (κ2) is 4.64. The largest absolute Gasteiger partial charge is 0.370 e. The molecule has 0 radical (unpaired) electrons. The number of carbonyl (C=O) groups excluding carboxylic acids is 1. The van der Waals surface area contributed by atoms with Crippen molar-refractivity contribution in [2.75, 3.05) is 0 Å². The lowest BCUT2D eigenvalue weighted by Gasteiger charge is -1.98. The monoisotopic (exact) mass is 197 g/mol. The summed E-state index contributed by atoms with van der Waals surface area (Å²) in [6, 6.07) is 0. The maximum Gasteiger partial charge on any atom is 0.328 e. The number of nitrogens with zero attached hydrogens (tertiary/aromatic N) is 2. The van der Waals surface area contributed by atoms with Crippen molar-refractivity contribution >= 4 is 5.91 Å². The number of rotatable bonds is 5. The van der Waals surface area contributed by atoms with Crippen LogP contribution in [0.1, 0.15) is 19.8 Å². The van der Waals surface area contributed by atoms with Gasteiger partial charge in [-0.3, -0.25) is 13.9 Å². The highest BCUT2D eigenvalue weighted by Gasteiger charge is 2.02. The lowest BCUT2D eigenvalue weighted by atomic mass is 10.4. The molecule has 1 aromatic heterocycles. The van der Waals surface area contributed by atoms with E-state index < -0.39 is 0 Å². The van der Waals surface area contributed by atoms with Crippen LogP contribution in [0.3, 0.4) is 0 Å². The van der Waals surface area contributed by atoms with E-state index in [1.54, 1.807) is 17.0 Å². The van der Waals surface area contributed by atoms with Crippen LogP contribution in [0.4, 0.5) is 0 Å². The fraction of sp³-hybridized carbons (Fsp3) is 0.556. The van der Waals surface area contributed by atoms with Gasteiger partial charge in [-0.25, -0.2) is 4.79 Å². The lowest BCUT2D eigenvalue weighted by Crippen LogP contribution is -2.25. The number of primary amides is 1. The normalized spacial score (nSPS) is 10.4. The second-order valence-corrected chi connectivity index (χ2v) is 3.18. The van der Waals surface area contributed by atoms with Crippen LogP contribution in [-0.2, 0) is 17.9 Å². The number of hydrogen-bond acceptors (Lipinski definition) is 2. The van der Waals surface area contributed by atoms with Gasteiger partial charge in [-0.1, -0.05) is 6.92 Å². The van der Waals surface area contributed by atoms with E-state index in [0.29, 0.717) is 13.1 Å². The number of aryl methyl sites for hydroxylation is 2. The first-order chi connectivity index (χ1) is 6.65. The summed E-state index contributed by atoms with van der Waals surface area (Å²) in [4.78, 5) is 22.1. The molecule has 0 aromatic carbocycles. The van der Waals surface area contributed by atoms with E-state index in [0.717, 1.165) is 6.42 Å². The minimum absolute atomic E-state index is 0.0758.